The van der Waals surface area contributed by atoms with Crippen molar-refractivity contribution in [2.24, 2.45) is 9.98 Å². The maximum Gasteiger partial charge on any atom is 0.277 e. The monoisotopic (exact) mass is 342 g/mol. The lowest BCUT2D eigenvalue weighted by Gasteiger charge is -2.03. The molecule has 1 aliphatic carbocycles. The first-order chi connectivity index (χ1) is 12.5. The molecule has 4 heteroatoms. The van der Waals surface area contributed by atoms with Gasteiger partial charge in [0.25, 0.3) is 11.8 Å². The SMILES string of the molecule is Cc1cccc(C(=O)N=C2C=CC(=NC(=O)c3cccc(C)c3)C=C2)c1. The minimum atomic E-state index is -0.297. The van der Waals surface area contributed by atoms with Gasteiger partial charge in [-0.15, -0.1) is 0 Å². The maximum absolute atomic E-state index is 12.2. The predicted molar refractivity (Wildman–Crippen MR) is 104 cm³/mol. The number of rotatable bonds is 2. The van der Waals surface area contributed by atoms with Crippen LogP contribution in [0, 0.1) is 13.8 Å². The van der Waals surface area contributed by atoms with Gasteiger partial charge in [-0.2, -0.15) is 0 Å². The second kappa shape index (κ2) is 7.66. The van der Waals surface area contributed by atoms with E-state index in [4.69, 9.17) is 0 Å². The lowest BCUT2D eigenvalue weighted by Crippen LogP contribution is -2.06. The number of carbonyl (C=O) groups is 2. The molecule has 3 rings (SSSR count). The Kier molecular flexibility index (Phi) is 5.13. The molecular formula is C22H18N2O2. The predicted octanol–water partition coefficient (Wildman–Crippen LogP) is 4.29. The van der Waals surface area contributed by atoms with Crippen molar-refractivity contribution in [1.29, 1.82) is 0 Å². The molecule has 2 aromatic rings. The van der Waals surface area contributed by atoms with Gasteiger partial charge in [0.15, 0.2) is 0 Å². The van der Waals surface area contributed by atoms with Crippen LogP contribution in [0.25, 0.3) is 0 Å². The molecule has 2 aromatic carbocycles. The van der Waals surface area contributed by atoms with Gasteiger partial charge in [-0.05, 0) is 62.4 Å². The summed E-state index contributed by atoms with van der Waals surface area (Å²) in [4.78, 5) is 32.6. The van der Waals surface area contributed by atoms with Crippen molar-refractivity contribution in [2.45, 2.75) is 13.8 Å². The average Bonchev–Trinajstić information content (AvgIpc) is 2.63. The van der Waals surface area contributed by atoms with Crippen LogP contribution in [0.4, 0.5) is 0 Å². The Balaban J connectivity index is 1.73. The third-order valence-corrected chi connectivity index (χ3v) is 3.84. The zero-order chi connectivity index (χ0) is 18.5. The molecule has 0 N–H and O–H groups in total. The van der Waals surface area contributed by atoms with Crippen molar-refractivity contribution in [2.75, 3.05) is 0 Å². The number of aliphatic imine (C=N–C) groups is 2. The van der Waals surface area contributed by atoms with E-state index in [1.54, 1.807) is 48.6 Å². The summed E-state index contributed by atoms with van der Waals surface area (Å²) in [5.74, 6) is -0.594. The van der Waals surface area contributed by atoms with Crippen LogP contribution in [-0.4, -0.2) is 23.2 Å². The van der Waals surface area contributed by atoms with Gasteiger partial charge in [-0.25, -0.2) is 9.98 Å². The standard InChI is InChI=1S/C22H18N2O2/c1-15-5-3-7-17(13-15)21(25)23-19-9-11-20(12-10-19)24-22(26)18-8-4-6-16(2)14-18/h3-14H,1-2H3. The molecule has 0 saturated carbocycles. The molecule has 0 spiro atoms. The Morgan fingerprint density at radius 1 is 0.654 bits per heavy atom. The van der Waals surface area contributed by atoms with Gasteiger partial charge < -0.3 is 0 Å². The van der Waals surface area contributed by atoms with Gasteiger partial charge in [0.2, 0.25) is 0 Å². The van der Waals surface area contributed by atoms with E-state index in [0.717, 1.165) is 11.1 Å². The summed E-state index contributed by atoms with van der Waals surface area (Å²) >= 11 is 0. The second-order valence-corrected chi connectivity index (χ2v) is 6.09. The van der Waals surface area contributed by atoms with Crippen molar-refractivity contribution in [1.82, 2.24) is 0 Å². The molecule has 0 saturated heterocycles. The van der Waals surface area contributed by atoms with E-state index >= 15 is 0 Å². The highest BCUT2D eigenvalue weighted by atomic mass is 16.1. The number of hydrogen-bond donors (Lipinski definition) is 0. The van der Waals surface area contributed by atoms with Crippen molar-refractivity contribution in [3.63, 3.8) is 0 Å². The Labute approximate surface area is 152 Å². The van der Waals surface area contributed by atoms with Crippen LogP contribution in [-0.2, 0) is 0 Å². The summed E-state index contributed by atoms with van der Waals surface area (Å²) in [5, 5.41) is 0. The summed E-state index contributed by atoms with van der Waals surface area (Å²) in [6.07, 6.45) is 6.71. The van der Waals surface area contributed by atoms with Gasteiger partial charge in [0, 0.05) is 11.1 Å². The molecule has 0 aliphatic heterocycles. The minimum absolute atomic E-state index is 0.297. The van der Waals surface area contributed by atoms with E-state index < -0.39 is 0 Å². The van der Waals surface area contributed by atoms with Crippen LogP contribution in [0.1, 0.15) is 31.8 Å². The number of benzene rings is 2. The molecule has 0 fully saturated rings. The van der Waals surface area contributed by atoms with Crippen LogP contribution < -0.4 is 0 Å². The normalized spacial score (nSPS) is 12.8. The lowest BCUT2D eigenvalue weighted by molar-refractivity contribution is 0.0994. The van der Waals surface area contributed by atoms with E-state index in [1.165, 1.54) is 0 Å². The maximum atomic E-state index is 12.2. The summed E-state index contributed by atoms with van der Waals surface area (Å²) in [7, 11) is 0. The Morgan fingerprint density at radius 2 is 1.04 bits per heavy atom. The smallest absolute Gasteiger partial charge is 0.267 e. The first kappa shape index (κ1) is 17.4. The van der Waals surface area contributed by atoms with Crippen LogP contribution in [0.2, 0.25) is 0 Å². The molecule has 2 amide bonds. The molecule has 26 heavy (non-hydrogen) atoms. The van der Waals surface area contributed by atoms with Gasteiger partial charge in [0.05, 0.1) is 11.4 Å². The number of aryl methyl sites for hydroxylation is 2. The van der Waals surface area contributed by atoms with Crippen LogP contribution in [0.3, 0.4) is 0 Å². The van der Waals surface area contributed by atoms with E-state index in [9.17, 15) is 9.59 Å². The zero-order valence-electron chi connectivity index (χ0n) is 14.6. The first-order valence-electron chi connectivity index (χ1n) is 8.27. The summed E-state index contributed by atoms with van der Waals surface area (Å²) < 4.78 is 0. The van der Waals surface area contributed by atoms with Crippen molar-refractivity contribution >= 4 is 23.2 Å². The molecule has 0 aromatic heterocycles. The van der Waals surface area contributed by atoms with Crippen LogP contribution >= 0.6 is 0 Å². The van der Waals surface area contributed by atoms with Crippen molar-refractivity contribution in [3.05, 3.63) is 95.1 Å². The molecule has 0 atom stereocenters. The topological polar surface area (TPSA) is 58.9 Å². The molecule has 1 aliphatic rings. The Hall–Kier alpha value is -3.40. The molecular weight excluding hydrogens is 324 g/mol. The average molecular weight is 342 g/mol. The van der Waals surface area contributed by atoms with Gasteiger partial charge >= 0.3 is 0 Å². The minimum Gasteiger partial charge on any atom is -0.267 e. The van der Waals surface area contributed by atoms with Gasteiger partial charge in [0.1, 0.15) is 0 Å². The molecule has 0 unspecified atom stereocenters. The summed E-state index contributed by atoms with van der Waals surface area (Å²) in [5.41, 5.74) is 4.17. The molecule has 128 valence electrons. The third-order valence-electron chi connectivity index (χ3n) is 3.84. The lowest BCUT2D eigenvalue weighted by atomic mass is 10.1. The highest BCUT2D eigenvalue weighted by Crippen LogP contribution is 2.09. The summed E-state index contributed by atoms with van der Waals surface area (Å²) in [6.45, 7) is 3.86. The Morgan fingerprint density at radius 3 is 1.38 bits per heavy atom. The van der Waals surface area contributed by atoms with E-state index in [-0.39, 0.29) is 11.8 Å². The van der Waals surface area contributed by atoms with Crippen molar-refractivity contribution in [3.8, 4) is 0 Å². The van der Waals surface area contributed by atoms with Gasteiger partial charge in [-0.3, -0.25) is 9.59 Å². The number of allylic oxidation sites excluding steroid dienone is 4. The summed E-state index contributed by atoms with van der Waals surface area (Å²) in [6, 6.07) is 14.6. The molecule has 0 radical (unpaired) electrons. The van der Waals surface area contributed by atoms with Crippen molar-refractivity contribution < 1.29 is 9.59 Å². The van der Waals surface area contributed by atoms with E-state index in [1.807, 2.05) is 38.1 Å². The van der Waals surface area contributed by atoms with E-state index in [2.05, 4.69) is 9.98 Å². The number of nitrogens with zero attached hydrogens (tertiary/aromatic N) is 2. The Bertz CT molecular complexity index is 897. The quantitative estimate of drug-likeness (QED) is 0.764. The van der Waals surface area contributed by atoms with Gasteiger partial charge in [-0.1, -0.05) is 35.4 Å². The number of amides is 2. The second-order valence-electron chi connectivity index (χ2n) is 6.09. The fourth-order valence-electron chi connectivity index (χ4n) is 2.52. The highest BCUT2D eigenvalue weighted by Gasteiger charge is 2.08. The fourth-order valence-corrected chi connectivity index (χ4v) is 2.52. The van der Waals surface area contributed by atoms with E-state index in [0.29, 0.717) is 22.6 Å². The third kappa shape index (κ3) is 4.36. The van der Waals surface area contributed by atoms with Crippen LogP contribution in [0.5, 0.6) is 0 Å². The zero-order valence-corrected chi connectivity index (χ0v) is 14.6. The highest BCUT2D eigenvalue weighted by molar-refractivity contribution is 6.23. The molecule has 4 nitrogen and oxygen atoms in total. The fraction of sp³-hybridized carbons (Fsp3) is 0.0909. The largest absolute Gasteiger partial charge is 0.277 e. The first-order valence-corrected chi connectivity index (χ1v) is 8.27. The number of carbonyl (C=O) groups excluding carboxylic acids is 2. The number of hydrogen-bond acceptors (Lipinski definition) is 2. The molecule has 0 bridgehead atoms. The molecule has 0 heterocycles. The van der Waals surface area contributed by atoms with Crippen LogP contribution in [0.15, 0.2) is 82.8 Å².